The summed E-state index contributed by atoms with van der Waals surface area (Å²) in [5.74, 6) is 0.846. The Labute approximate surface area is 171 Å². The maximum Gasteiger partial charge on any atom is 0.191 e. The van der Waals surface area contributed by atoms with Gasteiger partial charge in [0.1, 0.15) is 0 Å². The quantitative estimate of drug-likeness (QED) is 0.403. The molecule has 6 nitrogen and oxygen atoms in total. The Morgan fingerprint density at radius 2 is 2.19 bits per heavy atom. The van der Waals surface area contributed by atoms with Gasteiger partial charge in [-0.3, -0.25) is 9.67 Å². The van der Waals surface area contributed by atoms with E-state index < -0.39 is 0 Å². The van der Waals surface area contributed by atoms with E-state index in [1.54, 1.807) is 6.20 Å². The minimum Gasteiger partial charge on any atom is -0.373 e. The molecule has 2 aliphatic rings. The number of aromatic nitrogens is 2. The Morgan fingerprint density at radius 3 is 2.88 bits per heavy atom. The normalized spacial score (nSPS) is 24.3. The molecule has 0 amide bonds. The predicted molar refractivity (Wildman–Crippen MR) is 113 cm³/mol. The van der Waals surface area contributed by atoms with Crippen LogP contribution in [-0.4, -0.2) is 41.0 Å². The molecule has 0 radical (unpaired) electrons. The Hall–Kier alpha value is -1.61. The van der Waals surface area contributed by atoms with Crippen LogP contribution in [0.4, 0.5) is 0 Å². The van der Waals surface area contributed by atoms with Gasteiger partial charge in [-0.25, -0.2) is 0 Å². The van der Waals surface area contributed by atoms with Crippen LogP contribution in [0.1, 0.15) is 30.4 Å². The second-order valence-electron chi connectivity index (χ2n) is 6.81. The van der Waals surface area contributed by atoms with Gasteiger partial charge in [-0.05, 0) is 36.5 Å². The van der Waals surface area contributed by atoms with Gasteiger partial charge in [0.2, 0.25) is 0 Å². The van der Waals surface area contributed by atoms with Crippen LogP contribution in [-0.2, 0) is 17.8 Å². The molecular weight excluding hydrogens is 441 g/mol. The Balaban J connectivity index is 0.00000196. The van der Waals surface area contributed by atoms with E-state index in [1.165, 1.54) is 17.5 Å². The lowest BCUT2D eigenvalue weighted by Crippen LogP contribution is -2.47. The van der Waals surface area contributed by atoms with E-state index >= 15 is 0 Å². The van der Waals surface area contributed by atoms with Gasteiger partial charge < -0.3 is 15.4 Å². The van der Waals surface area contributed by atoms with Gasteiger partial charge in [-0.15, -0.1) is 24.0 Å². The summed E-state index contributed by atoms with van der Waals surface area (Å²) in [5, 5.41) is 11.2. The summed E-state index contributed by atoms with van der Waals surface area (Å²) < 4.78 is 7.84. The average Bonchev–Trinajstić information content (AvgIpc) is 3.37. The zero-order chi connectivity index (χ0) is 17.1. The number of hydrogen-bond acceptors (Lipinski definition) is 3. The minimum atomic E-state index is 0. The first-order valence-corrected chi connectivity index (χ1v) is 8.98. The van der Waals surface area contributed by atoms with Crippen molar-refractivity contribution in [1.29, 1.82) is 0 Å². The van der Waals surface area contributed by atoms with Crippen LogP contribution < -0.4 is 10.6 Å². The molecule has 2 bridgehead atoms. The number of nitrogens with one attached hydrogen (secondary N) is 2. The van der Waals surface area contributed by atoms with Crippen molar-refractivity contribution < 1.29 is 4.74 Å². The summed E-state index contributed by atoms with van der Waals surface area (Å²) in [6.07, 6.45) is 8.03. The number of hydrogen-bond donors (Lipinski definition) is 2. The molecule has 2 aromatic rings. The second kappa shape index (κ2) is 8.85. The Morgan fingerprint density at radius 1 is 1.31 bits per heavy atom. The third kappa shape index (κ3) is 4.56. The summed E-state index contributed by atoms with van der Waals surface area (Å²) in [6.45, 7) is 1.53. The van der Waals surface area contributed by atoms with E-state index in [1.807, 2.05) is 24.0 Å². The van der Waals surface area contributed by atoms with Crippen molar-refractivity contribution in [2.75, 3.05) is 7.05 Å². The topological polar surface area (TPSA) is 63.5 Å². The van der Waals surface area contributed by atoms with E-state index in [4.69, 9.17) is 4.74 Å². The van der Waals surface area contributed by atoms with Crippen LogP contribution in [0.3, 0.4) is 0 Å². The monoisotopic (exact) mass is 467 g/mol. The fourth-order valence-corrected chi connectivity index (χ4v) is 3.76. The van der Waals surface area contributed by atoms with Crippen molar-refractivity contribution in [3.05, 3.63) is 53.9 Å². The second-order valence-corrected chi connectivity index (χ2v) is 6.81. The first-order valence-electron chi connectivity index (χ1n) is 8.98. The highest BCUT2D eigenvalue weighted by Crippen LogP contribution is 2.34. The van der Waals surface area contributed by atoms with E-state index in [9.17, 15) is 0 Å². The van der Waals surface area contributed by atoms with Crippen LogP contribution >= 0.6 is 24.0 Å². The largest absolute Gasteiger partial charge is 0.373 e. The molecule has 2 fully saturated rings. The van der Waals surface area contributed by atoms with Crippen LogP contribution in [0.15, 0.2) is 47.7 Å². The van der Waals surface area contributed by atoms with Gasteiger partial charge in [0.15, 0.2) is 5.96 Å². The van der Waals surface area contributed by atoms with E-state index in [-0.39, 0.29) is 24.0 Å². The molecule has 26 heavy (non-hydrogen) atoms. The molecule has 0 saturated carbocycles. The molecule has 140 valence electrons. The van der Waals surface area contributed by atoms with Crippen molar-refractivity contribution in [2.45, 2.75) is 50.6 Å². The van der Waals surface area contributed by atoms with Crippen molar-refractivity contribution >= 4 is 29.9 Å². The maximum atomic E-state index is 5.91. The number of guanidine groups is 1. The standard InChI is InChI=1S/C19H25N5O.HI/c1-20-19(23-17-11-16-6-7-18(17)25-16)21-12-14-4-2-5-15(10-14)13-24-9-3-8-22-24;/h2-5,8-10,16-18H,6-7,11-13H2,1H3,(H2,20,21,23);1H. The Bertz CT molecular complexity index is 733. The molecule has 3 unspecified atom stereocenters. The minimum absolute atomic E-state index is 0. The van der Waals surface area contributed by atoms with Crippen molar-refractivity contribution in [3.63, 3.8) is 0 Å². The third-order valence-electron chi connectivity index (χ3n) is 5.01. The SMILES string of the molecule is CN=C(NCc1cccc(Cn2cccn2)c1)NC1CC2CCC1O2.I. The lowest BCUT2D eigenvalue weighted by atomic mass is 9.96. The summed E-state index contributed by atoms with van der Waals surface area (Å²) in [7, 11) is 1.82. The number of halogens is 1. The molecule has 2 aliphatic heterocycles. The number of nitrogens with zero attached hydrogens (tertiary/aromatic N) is 3. The highest BCUT2D eigenvalue weighted by atomic mass is 127. The molecule has 2 saturated heterocycles. The summed E-state index contributed by atoms with van der Waals surface area (Å²) in [6, 6.07) is 10.9. The number of aliphatic imine (C=N–C) groups is 1. The highest BCUT2D eigenvalue weighted by Gasteiger charge is 2.41. The Kier molecular flexibility index (Phi) is 6.53. The summed E-state index contributed by atoms with van der Waals surface area (Å²) >= 11 is 0. The summed E-state index contributed by atoms with van der Waals surface area (Å²) in [4.78, 5) is 4.36. The van der Waals surface area contributed by atoms with Crippen LogP contribution in [0, 0.1) is 0 Å². The lowest BCUT2D eigenvalue weighted by Gasteiger charge is -2.22. The number of rotatable bonds is 5. The number of fused-ring (bicyclic) bond motifs is 2. The fraction of sp³-hybridized carbons (Fsp3) is 0.474. The molecule has 0 spiro atoms. The molecule has 4 rings (SSSR count). The van der Waals surface area contributed by atoms with Crippen LogP contribution in [0.5, 0.6) is 0 Å². The number of ether oxygens (including phenoxy) is 1. The predicted octanol–water partition coefficient (Wildman–Crippen LogP) is 2.53. The van der Waals surface area contributed by atoms with Gasteiger partial charge in [0.05, 0.1) is 24.8 Å². The maximum absolute atomic E-state index is 5.91. The van der Waals surface area contributed by atoms with Crippen LogP contribution in [0.2, 0.25) is 0 Å². The molecule has 3 heterocycles. The van der Waals surface area contributed by atoms with Crippen LogP contribution in [0.25, 0.3) is 0 Å². The van der Waals surface area contributed by atoms with Gasteiger partial charge >= 0.3 is 0 Å². The molecule has 0 aliphatic carbocycles. The first kappa shape index (κ1) is 19.2. The fourth-order valence-electron chi connectivity index (χ4n) is 3.76. The number of benzene rings is 1. The lowest BCUT2D eigenvalue weighted by molar-refractivity contribution is 0.0992. The zero-order valence-electron chi connectivity index (χ0n) is 15.0. The van der Waals surface area contributed by atoms with E-state index in [0.717, 1.165) is 31.9 Å². The third-order valence-corrected chi connectivity index (χ3v) is 5.01. The first-order chi connectivity index (χ1) is 12.3. The molecule has 1 aromatic carbocycles. The highest BCUT2D eigenvalue weighted by molar-refractivity contribution is 14.0. The molecule has 2 N–H and O–H groups in total. The van der Waals surface area contributed by atoms with E-state index in [2.05, 4.69) is 45.0 Å². The van der Waals surface area contributed by atoms with Crippen molar-refractivity contribution in [2.24, 2.45) is 4.99 Å². The van der Waals surface area contributed by atoms with Gasteiger partial charge in [0, 0.05) is 26.0 Å². The molecule has 1 aromatic heterocycles. The molecule has 7 heteroatoms. The molecular formula is C19H26IN5O. The van der Waals surface area contributed by atoms with Gasteiger partial charge in [-0.2, -0.15) is 5.10 Å². The van der Waals surface area contributed by atoms with E-state index in [0.29, 0.717) is 18.2 Å². The van der Waals surface area contributed by atoms with Gasteiger partial charge in [0.25, 0.3) is 0 Å². The van der Waals surface area contributed by atoms with Gasteiger partial charge in [-0.1, -0.05) is 24.3 Å². The zero-order valence-corrected chi connectivity index (χ0v) is 17.3. The van der Waals surface area contributed by atoms with Crippen molar-refractivity contribution in [1.82, 2.24) is 20.4 Å². The summed E-state index contributed by atoms with van der Waals surface area (Å²) in [5.41, 5.74) is 2.48. The van der Waals surface area contributed by atoms with Crippen molar-refractivity contribution in [3.8, 4) is 0 Å². The smallest absolute Gasteiger partial charge is 0.191 e. The average molecular weight is 467 g/mol. The molecule has 3 atom stereocenters.